The van der Waals surface area contributed by atoms with Crippen molar-refractivity contribution in [1.82, 2.24) is 0 Å². The van der Waals surface area contributed by atoms with Crippen molar-refractivity contribution < 1.29 is 0 Å². The topological polar surface area (TPSA) is 38.4 Å². The average molecular weight is 214 g/mol. The summed E-state index contributed by atoms with van der Waals surface area (Å²) in [6.45, 7) is 0. The fourth-order valence-corrected chi connectivity index (χ4v) is 1.93. The molecule has 0 radical (unpaired) electrons. The molecular formula is C14H18N2. The van der Waals surface area contributed by atoms with Gasteiger partial charge in [0.2, 0.25) is 0 Å². The predicted octanol–water partition coefficient (Wildman–Crippen LogP) is 3.00. The van der Waals surface area contributed by atoms with Crippen molar-refractivity contribution in [3.63, 3.8) is 0 Å². The molecule has 0 aliphatic carbocycles. The van der Waals surface area contributed by atoms with Gasteiger partial charge in [-0.1, -0.05) is 48.9 Å². The van der Waals surface area contributed by atoms with Gasteiger partial charge in [-0.05, 0) is 18.4 Å². The van der Waals surface area contributed by atoms with Gasteiger partial charge in [0.05, 0.1) is 11.9 Å². The van der Waals surface area contributed by atoms with Gasteiger partial charge in [0.25, 0.3) is 0 Å². The molecule has 1 heterocycles. The van der Waals surface area contributed by atoms with E-state index in [2.05, 4.69) is 29.3 Å². The van der Waals surface area contributed by atoms with Crippen molar-refractivity contribution in [2.75, 3.05) is 0 Å². The van der Waals surface area contributed by atoms with E-state index < -0.39 is 0 Å². The third-order valence-electron chi connectivity index (χ3n) is 2.82. The Kier molecular flexibility index (Phi) is 3.76. The number of amidine groups is 1. The maximum absolute atomic E-state index is 5.81. The van der Waals surface area contributed by atoms with Gasteiger partial charge >= 0.3 is 0 Å². The number of nitrogens with two attached hydrogens (primary N) is 1. The normalized spacial score (nSPS) is 21.8. The summed E-state index contributed by atoms with van der Waals surface area (Å²) in [4.78, 5) is 4.50. The van der Waals surface area contributed by atoms with Gasteiger partial charge in [-0.25, -0.2) is 0 Å². The molecule has 84 valence electrons. The highest BCUT2D eigenvalue weighted by atomic mass is 14.9. The SMILES string of the molecule is NC1=NC(C=Cc2ccccc2)CCCC1. The molecule has 1 unspecified atom stereocenters. The minimum atomic E-state index is 0.266. The lowest BCUT2D eigenvalue weighted by atomic mass is 10.1. The van der Waals surface area contributed by atoms with E-state index in [0.717, 1.165) is 18.7 Å². The number of aliphatic imine (C=N–C) groups is 1. The molecule has 1 aromatic carbocycles. The third-order valence-corrected chi connectivity index (χ3v) is 2.82. The first kappa shape index (κ1) is 10.9. The summed E-state index contributed by atoms with van der Waals surface area (Å²) in [6.07, 6.45) is 8.75. The lowest BCUT2D eigenvalue weighted by molar-refractivity contribution is 0.669. The first-order valence-electron chi connectivity index (χ1n) is 5.90. The minimum absolute atomic E-state index is 0.266. The minimum Gasteiger partial charge on any atom is -0.387 e. The number of hydrogen-bond donors (Lipinski definition) is 1. The first-order valence-corrected chi connectivity index (χ1v) is 5.90. The van der Waals surface area contributed by atoms with Crippen LogP contribution in [0.1, 0.15) is 31.2 Å². The molecule has 1 aliphatic heterocycles. The van der Waals surface area contributed by atoms with Crippen LogP contribution in [0.4, 0.5) is 0 Å². The second-order valence-electron chi connectivity index (χ2n) is 4.20. The largest absolute Gasteiger partial charge is 0.387 e. The second-order valence-corrected chi connectivity index (χ2v) is 4.20. The van der Waals surface area contributed by atoms with Crippen molar-refractivity contribution in [1.29, 1.82) is 0 Å². The number of nitrogens with zero attached hydrogens (tertiary/aromatic N) is 1. The summed E-state index contributed by atoms with van der Waals surface area (Å²) in [6, 6.07) is 10.6. The van der Waals surface area contributed by atoms with Crippen molar-refractivity contribution in [2.24, 2.45) is 10.7 Å². The van der Waals surface area contributed by atoms with E-state index in [1.54, 1.807) is 0 Å². The molecule has 0 saturated carbocycles. The van der Waals surface area contributed by atoms with Gasteiger partial charge in [-0.15, -0.1) is 0 Å². The van der Waals surface area contributed by atoms with E-state index in [-0.39, 0.29) is 6.04 Å². The molecule has 1 atom stereocenters. The van der Waals surface area contributed by atoms with Gasteiger partial charge < -0.3 is 5.73 Å². The van der Waals surface area contributed by atoms with Crippen LogP contribution < -0.4 is 5.73 Å². The molecule has 0 fully saturated rings. The van der Waals surface area contributed by atoms with Gasteiger partial charge in [0.1, 0.15) is 0 Å². The lowest BCUT2D eigenvalue weighted by Gasteiger charge is -2.04. The van der Waals surface area contributed by atoms with Gasteiger partial charge in [0, 0.05) is 6.42 Å². The van der Waals surface area contributed by atoms with Crippen LogP contribution >= 0.6 is 0 Å². The Morgan fingerprint density at radius 2 is 2.00 bits per heavy atom. The van der Waals surface area contributed by atoms with Gasteiger partial charge in [-0.2, -0.15) is 0 Å². The molecule has 2 N–H and O–H groups in total. The van der Waals surface area contributed by atoms with E-state index in [1.807, 2.05) is 18.2 Å². The Bertz CT molecular complexity index is 379. The van der Waals surface area contributed by atoms with Crippen molar-refractivity contribution in [3.8, 4) is 0 Å². The van der Waals surface area contributed by atoms with E-state index in [0.29, 0.717) is 0 Å². The summed E-state index contributed by atoms with van der Waals surface area (Å²) in [7, 11) is 0. The molecule has 1 aliphatic rings. The van der Waals surface area contributed by atoms with E-state index in [9.17, 15) is 0 Å². The fourth-order valence-electron chi connectivity index (χ4n) is 1.93. The third kappa shape index (κ3) is 3.23. The Morgan fingerprint density at radius 1 is 1.19 bits per heavy atom. The quantitative estimate of drug-likeness (QED) is 0.807. The smallest absolute Gasteiger partial charge is 0.0944 e. The Labute approximate surface area is 96.9 Å². The first-order chi connectivity index (χ1) is 7.84. The average Bonchev–Trinajstić information content (AvgIpc) is 2.52. The number of hydrogen-bond acceptors (Lipinski definition) is 2. The Hall–Kier alpha value is -1.57. The van der Waals surface area contributed by atoms with Crippen molar-refractivity contribution in [2.45, 2.75) is 31.7 Å². The zero-order valence-electron chi connectivity index (χ0n) is 9.47. The molecule has 0 aromatic heterocycles. The Balaban J connectivity index is 2.03. The van der Waals surface area contributed by atoms with E-state index in [1.165, 1.54) is 18.4 Å². The monoisotopic (exact) mass is 214 g/mol. The number of benzene rings is 1. The van der Waals surface area contributed by atoms with Crippen molar-refractivity contribution in [3.05, 3.63) is 42.0 Å². The Morgan fingerprint density at radius 3 is 2.81 bits per heavy atom. The van der Waals surface area contributed by atoms with Gasteiger partial charge in [0.15, 0.2) is 0 Å². The molecule has 2 rings (SSSR count). The van der Waals surface area contributed by atoms with Crippen LogP contribution in [0.3, 0.4) is 0 Å². The second kappa shape index (κ2) is 5.50. The molecule has 1 aromatic rings. The van der Waals surface area contributed by atoms with Crippen LogP contribution in [0.2, 0.25) is 0 Å². The molecule has 2 nitrogen and oxygen atoms in total. The van der Waals surface area contributed by atoms with E-state index in [4.69, 9.17) is 5.73 Å². The summed E-state index contributed by atoms with van der Waals surface area (Å²) < 4.78 is 0. The summed E-state index contributed by atoms with van der Waals surface area (Å²) in [5.41, 5.74) is 7.03. The maximum atomic E-state index is 5.81. The molecular weight excluding hydrogens is 196 g/mol. The summed E-state index contributed by atoms with van der Waals surface area (Å²) in [5, 5.41) is 0. The predicted molar refractivity (Wildman–Crippen MR) is 69.4 cm³/mol. The van der Waals surface area contributed by atoms with Crippen LogP contribution in [-0.4, -0.2) is 11.9 Å². The van der Waals surface area contributed by atoms with Crippen LogP contribution in [0.5, 0.6) is 0 Å². The summed E-state index contributed by atoms with van der Waals surface area (Å²) in [5.74, 6) is 0.806. The number of rotatable bonds is 2. The highest BCUT2D eigenvalue weighted by molar-refractivity contribution is 5.80. The zero-order chi connectivity index (χ0) is 11.2. The molecule has 0 saturated heterocycles. The maximum Gasteiger partial charge on any atom is 0.0944 e. The lowest BCUT2D eigenvalue weighted by Crippen LogP contribution is -2.12. The van der Waals surface area contributed by atoms with Crippen LogP contribution in [0.25, 0.3) is 6.08 Å². The molecule has 0 spiro atoms. The van der Waals surface area contributed by atoms with Crippen LogP contribution in [-0.2, 0) is 0 Å². The summed E-state index contributed by atoms with van der Waals surface area (Å²) >= 11 is 0. The molecule has 0 amide bonds. The van der Waals surface area contributed by atoms with Gasteiger partial charge in [-0.3, -0.25) is 4.99 Å². The fraction of sp³-hybridized carbons (Fsp3) is 0.357. The van der Waals surface area contributed by atoms with Crippen LogP contribution in [0.15, 0.2) is 41.4 Å². The van der Waals surface area contributed by atoms with Crippen molar-refractivity contribution >= 4 is 11.9 Å². The van der Waals surface area contributed by atoms with Crippen LogP contribution in [0, 0.1) is 0 Å². The van der Waals surface area contributed by atoms with E-state index >= 15 is 0 Å². The zero-order valence-corrected chi connectivity index (χ0v) is 9.47. The molecule has 0 bridgehead atoms. The molecule has 2 heteroatoms. The standard InChI is InChI=1S/C14H18N2/c15-14-9-5-4-8-13(16-14)11-10-12-6-2-1-3-7-12/h1-3,6-7,10-11,13H,4-5,8-9H2,(H2,15,16). The molecule has 16 heavy (non-hydrogen) atoms. The highest BCUT2D eigenvalue weighted by Gasteiger charge is 2.08. The highest BCUT2D eigenvalue weighted by Crippen LogP contribution is 2.14.